The average molecular weight is 291 g/mol. The highest BCUT2D eigenvalue weighted by Gasteiger charge is 2.27. The van der Waals surface area contributed by atoms with Crippen molar-refractivity contribution in [3.05, 3.63) is 24.3 Å². The molecule has 0 spiro atoms. The van der Waals surface area contributed by atoms with Crippen LogP contribution in [0.15, 0.2) is 24.3 Å². The van der Waals surface area contributed by atoms with Crippen LogP contribution in [0, 0.1) is 0 Å². The zero-order chi connectivity index (χ0) is 15.3. The summed E-state index contributed by atoms with van der Waals surface area (Å²) in [4.78, 5) is 14.7. The van der Waals surface area contributed by atoms with Crippen LogP contribution < -0.4 is 15.5 Å². The molecule has 5 heteroatoms. The van der Waals surface area contributed by atoms with Gasteiger partial charge in [0.1, 0.15) is 0 Å². The monoisotopic (exact) mass is 291 g/mol. The predicted octanol–water partition coefficient (Wildman–Crippen LogP) is 1.85. The number of nitrogens with one attached hydrogen (secondary N) is 2. The molecule has 0 aromatic heterocycles. The second kappa shape index (κ2) is 6.91. The molecule has 1 saturated heterocycles. The molecule has 5 nitrogen and oxygen atoms in total. The number of para-hydroxylation sites is 2. The van der Waals surface area contributed by atoms with Gasteiger partial charge in [0.2, 0.25) is 5.91 Å². The molecule has 2 N–H and O–H groups in total. The molecule has 0 radical (unpaired) electrons. The maximum absolute atomic E-state index is 12.4. The van der Waals surface area contributed by atoms with Gasteiger partial charge in [-0.05, 0) is 32.5 Å². The first-order valence-electron chi connectivity index (χ1n) is 7.53. The van der Waals surface area contributed by atoms with Crippen LogP contribution in [0.5, 0.6) is 0 Å². The molecule has 1 aromatic carbocycles. The van der Waals surface area contributed by atoms with E-state index in [1.165, 1.54) is 0 Å². The molecular formula is C16H25N3O2. The van der Waals surface area contributed by atoms with E-state index in [1.807, 2.05) is 45.0 Å². The van der Waals surface area contributed by atoms with Gasteiger partial charge in [0.25, 0.3) is 0 Å². The van der Waals surface area contributed by atoms with E-state index in [0.29, 0.717) is 0 Å². The molecule has 2 rings (SSSR count). The standard InChI is InChI=1S/C16H25N3O2/c1-4-17-16(2,3)15(20)18-13-7-5-6-8-14(13)19-9-11-21-12-10-19/h5-8,17H,4,9-12H2,1-3H3,(H,18,20). The van der Waals surface area contributed by atoms with Crippen LogP contribution in [-0.2, 0) is 9.53 Å². The van der Waals surface area contributed by atoms with Gasteiger partial charge in [0.15, 0.2) is 0 Å². The molecule has 0 saturated carbocycles. The van der Waals surface area contributed by atoms with Crippen molar-refractivity contribution in [2.24, 2.45) is 0 Å². The third kappa shape index (κ3) is 3.95. The van der Waals surface area contributed by atoms with Crippen molar-refractivity contribution in [2.75, 3.05) is 43.1 Å². The zero-order valence-electron chi connectivity index (χ0n) is 13.1. The Labute approximate surface area is 126 Å². The number of benzene rings is 1. The second-order valence-corrected chi connectivity index (χ2v) is 5.73. The van der Waals surface area contributed by atoms with E-state index < -0.39 is 5.54 Å². The number of morpholine rings is 1. The van der Waals surface area contributed by atoms with Gasteiger partial charge in [0.05, 0.1) is 30.1 Å². The maximum Gasteiger partial charge on any atom is 0.244 e. The van der Waals surface area contributed by atoms with Gasteiger partial charge in [-0.2, -0.15) is 0 Å². The van der Waals surface area contributed by atoms with Crippen LogP contribution in [0.4, 0.5) is 11.4 Å². The van der Waals surface area contributed by atoms with Crippen molar-refractivity contribution in [2.45, 2.75) is 26.3 Å². The highest BCUT2D eigenvalue weighted by atomic mass is 16.5. The van der Waals surface area contributed by atoms with Crippen LogP contribution in [0.25, 0.3) is 0 Å². The summed E-state index contributed by atoms with van der Waals surface area (Å²) in [5, 5.41) is 6.24. The first-order chi connectivity index (χ1) is 10.0. The Balaban J connectivity index is 2.14. The number of carbonyl (C=O) groups is 1. The molecule has 1 aromatic rings. The van der Waals surface area contributed by atoms with E-state index in [0.717, 1.165) is 44.2 Å². The molecule has 0 unspecified atom stereocenters. The Morgan fingerprint density at radius 1 is 1.29 bits per heavy atom. The number of nitrogens with zero attached hydrogens (tertiary/aromatic N) is 1. The fraction of sp³-hybridized carbons (Fsp3) is 0.562. The number of amides is 1. The summed E-state index contributed by atoms with van der Waals surface area (Å²) in [5.74, 6) is -0.0231. The minimum Gasteiger partial charge on any atom is -0.378 e. The highest BCUT2D eigenvalue weighted by Crippen LogP contribution is 2.27. The number of ether oxygens (including phenoxy) is 1. The Bertz CT molecular complexity index is 482. The molecular weight excluding hydrogens is 266 g/mol. The highest BCUT2D eigenvalue weighted by molar-refractivity contribution is 6.00. The van der Waals surface area contributed by atoms with Crippen molar-refractivity contribution in [1.29, 1.82) is 0 Å². The Kier molecular flexibility index (Phi) is 5.20. The smallest absolute Gasteiger partial charge is 0.244 e. The van der Waals surface area contributed by atoms with Gasteiger partial charge in [-0.25, -0.2) is 0 Å². The molecule has 1 heterocycles. The topological polar surface area (TPSA) is 53.6 Å². The van der Waals surface area contributed by atoms with Gasteiger partial charge in [-0.1, -0.05) is 19.1 Å². The van der Waals surface area contributed by atoms with Crippen molar-refractivity contribution >= 4 is 17.3 Å². The van der Waals surface area contributed by atoms with Crippen molar-refractivity contribution < 1.29 is 9.53 Å². The summed E-state index contributed by atoms with van der Waals surface area (Å²) >= 11 is 0. The van der Waals surface area contributed by atoms with E-state index >= 15 is 0 Å². The molecule has 1 fully saturated rings. The van der Waals surface area contributed by atoms with Gasteiger partial charge >= 0.3 is 0 Å². The first kappa shape index (κ1) is 15.8. The third-order valence-corrected chi connectivity index (χ3v) is 3.69. The van der Waals surface area contributed by atoms with Crippen molar-refractivity contribution in [3.8, 4) is 0 Å². The van der Waals surface area contributed by atoms with E-state index in [4.69, 9.17) is 4.74 Å². The molecule has 0 atom stereocenters. The fourth-order valence-corrected chi connectivity index (χ4v) is 2.46. The Hall–Kier alpha value is -1.59. The largest absolute Gasteiger partial charge is 0.378 e. The summed E-state index contributed by atoms with van der Waals surface area (Å²) in [6.45, 7) is 9.69. The SMILES string of the molecule is CCNC(C)(C)C(=O)Nc1ccccc1N1CCOCC1. The van der Waals surface area contributed by atoms with Gasteiger partial charge in [-0.3, -0.25) is 4.79 Å². The number of carbonyl (C=O) groups excluding carboxylic acids is 1. The summed E-state index contributed by atoms with van der Waals surface area (Å²) in [5.41, 5.74) is 1.32. The van der Waals surface area contributed by atoms with Gasteiger partial charge < -0.3 is 20.3 Å². The Morgan fingerprint density at radius 3 is 2.62 bits per heavy atom. The van der Waals surface area contributed by atoms with E-state index in [2.05, 4.69) is 15.5 Å². The number of likely N-dealkylation sites (N-methyl/N-ethyl adjacent to an activating group) is 1. The lowest BCUT2D eigenvalue weighted by molar-refractivity contribution is -0.121. The minimum atomic E-state index is -0.590. The molecule has 1 aliphatic heterocycles. The minimum absolute atomic E-state index is 0.0231. The average Bonchev–Trinajstić information content (AvgIpc) is 2.48. The van der Waals surface area contributed by atoms with E-state index in [1.54, 1.807) is 0 Å². The molecule has 21 heavy (non-hydrogen) atoms. The summed E-state index contributed by atoms with van der Waals surface area (Å²) < 4.78 is 5.39. The molecule has 1 amide bonds. The fourth-order valence-electron chi connectivity index (χ4n) is 2.46. The zero-order valence-corrected chi connectivity index (χ0v) is 13.1. The van der Waals surface area contributed by atoms with Crippen molar-refractivity contribution in [1.82, 2.24) is 5.32 Å². The van der Waals surface area contributed by atoms with Crippen LogP contribution in [0.1, 0.15) is 20.8 Å². The third-order valence-electron chi connectivity index (χ3n) is 3.69. The number of hydrogen-bond acceptors (Lipinski definition) is 4. The summed E-state index contributed by atoms with van der Waals surface area (Å²) in [6.07, 6.45) is 0. The van der Waals surface area contributed by atoms with Crippen LogP contribution in [0.2, 0.25) is 0 Å². The van der Waals surface area contributed by atoms with Gasteiger partial charge in [-0.15, -0.1) is 0 Å². The lowest BCUT2D eigenvalue weighted by Crippen LogP contribution is -2.49. The van der Waals surface area contributed by atoms with Gasteiger partial charge in [0, 0.05) is 13.1 Å². The lowest BCUT2D eigenvalue weighted by Gasteiger charge is -2.31. The molecule has 116 valence electrons. The molecule has 0 aliphatic carbocycles. The number of anilines is 2. The maximum atomic E-state index is 12.4. The summed E-state index contributed by atoms with van der Waals surface area (Å²) in [6, 6.07) is 7.93. The summed E-state index contributed by atoms with van der Waals surface area (Å²) in [7, 11) is 0. The lowest BCUT2D eigenvalue weighted by atomic mass is 10.0. The first-order valence-corrected chi connectivity index (χ1v) is 7.53. The van der Waals surface area contributed by atoms with Crippen molar-refractivity contribution in [3.63, 3.8) is 0 Å². The van der Waals surface area contributed by atoms with E-state index in [-0.39, 0.29) is 5.91 Å². The Morgan fingerprint density at radius 2 is 1.95 bits per heavy atom. The molecule has 1 aliphatic rings. The number of rotatable bonds is 5. The molecule has 0 bridgehead atoms. The number of hydrogen-bond donors (Lipinski definition) is 2. The van der Waals surface area contributed by atoms with E-state index in [9.17, 15) is 4.79 Å². The normalized spacial score (nSPS) is 15.9. The quantitative estimate of drug-likeness (QED) is 0.869. The predicted molar refractivity (Wildman–Crippen MR) is 85.9 cm³/mol. The van der Waals surface area contributed by atoms with Crippen LogP contribution in [0.3, 0.4) is 0 Å². The second-order valence-electron chi connectivity index (χ2n) is 5.73. The van der Waals surface area contributed by atoms with Crippen LogP contribution >= 0.6 is 0 Å². The van der Waals surface area contributed by atoms with Crippen LogP contribution in [-0.4, -0.2) is 44.3 Å².